The predicted molar refractivity (Wildman–Crippen MR) is 106 cm³/mol. The number of ether oxygens (including phenoxy) is 1. The minimum absolute atomic E-state index is 0.0315. The van der Waals surface area contributed by atoms with Gasteiger partial charge in [0.05, 0.1) is 19.1 Å². The molecule has 2 aliphatic heterocycles. The molecule has 0 saturated carbocycles. The van der Waals surface area contributed by atoms with Gasteiger partial charge in [-0.05, 0) is 56.2 Å². The van der Waals surface area contributed by atoms with Gasteiger partial charge in [0, 0.05) is 24.0 Å². The topological polar surface area (TPSA) is 80.5 Å². The highest BCUT2D eigenvalue weighted by Gasteiger charge is 2.31. The van der Waals surface area contributed by atoms with Crippen LogP contribution in [0.25, 0.3) is 0 Å². The molecule has 0 aliphatic carbocycles. The van der Waals surface area contributed by atoms with Crippen molar-refractivity contribution in [2.75, 3.05) is 26.3 Å². The molecular weight excluding hydrogens is 376 g/mol. The molecular formula is C20H28N4O3S. The van der Waals surface area contributed by atoms with Crippen LogP contribution in [0.1, 0.15) is 66.3 Å². The first-order chi connectivity index (χ1) is 13.7. The maximum absolute atomic E-state index is 12.5. The quantitative estimate of drug-likeness (QED) is 0.796. The van der Waals surface area contributed by atoms with Crippen molar-refractivity contribution in [2.45, 2.75) is 57.5 Å². The molecule has 2 aliphatic rings. The van der Waals surface area contributed by atoms with E-state index in [1.54, 1.807) is 11.3 Å². The number of amides is 1. The van der Waals surface area contributed by atoms with Crippen LogP contribution >= 0.6 is 11.3 Å². The molecule has 0 unspecified atom stereocenters. The summed E-state index contributed by atoms with van der Waals surface area (Å²) in [6.45, 7) is 5.42. The van der Waals surface area contributed by atoms with Crippen LogP contribution < -0.4 is 5.32 Å². The van der Waals surface area contributed by atoms with Gasteiger partial charge in [-0.15, -0.1) is 21.5 Å². The summed E-state index contributed by atoms with van der Waals surface area (Å²) >= 11 is 1.68. The first-order valence-corrected chi connectivity index (χ1v) is 11.0. The molecule has 1 atom stereocenters. The maximum atomic E-state index is 12.5. The molecule has 0 aromatic carbocycles. The lowest BCUT2D eigenvalue weighted by Crippen LogP contribution is -2.41. The first-order valence-electron chi connectivity index (χ1n) is 10.2. The highest BCUT2D eigenvalue weighted by Crippen LogP contribution is 2.32. The van der Waals surface area contributed by atoms with Crippen molar-refractivity contribution in [2.24, 2.45) is 0 Å². The molecule has 2 aromatic rings. The summed E-state index contributed by atoms with van der Waals surface area (Å²) in [7, 11) is 0. The van der Waals surface area contributed by atoms with E-state index in [0.717, 1.165) is 57.8 Å². The van der Waals surface area contributed by atoms with Gasteiger partial charge in [-0.25, -0.2) is 0 Å². The molecule has 0 radical (unpaired) electrons. The first kappa shape index (κ1) is 19.5. The molecule has 2 fully saturated rings. The van der Waals surface area contributed by atoms with Crippen LogP contribution in [0.4, 0.5) is 0 Å². The number of piperidine rings is 1. The smallest absolute Gasteiger partial charge is 0.234 e. The van der Waals surface area contributed by atoms with Gasteiger partial charge in [0.1, 0.15) is 0 Å². The lowest BCUT2D eigenvalue weighted by atomic mass is 10.0. The van der Waals surface area contributed by atoms with Crippen molar-refractivity contribution < 1.29 is 13.9 Å². The van der Waals surface area contributed by atoms with Crippen LogP contribution in [0, 0.1) is 6.92 Å². The molecule has 2 aromatic heterocycles. The SMILES string of the molecule is Cc1ccsc1CNC(=O)CN1CCCC[C@@H]1c1nnc(C2CCOCC2)o1. The van der Waals surface area contributed by atoms with Crippen molar-refractivity contribution in [1.82, 2.24) is 20.4 Å². The van der Waals surface area contributed by atoms with E-state index in [4.69, 9.17) is 9.15 Å². The van der Waals surface area contributed by atoms with E-state index in [1.165, 1.54) is 10.4 Å². The molecule has 4 rings (SSSR count). The number of rotatable bonds is 6. The van der Waals surface area contributed by atoms with E-state index in [-0.39, 0.29) is 11.9 Å². The second-order valence-electron chi connectivity index (χ2n) is 7.65. The average Bonchev–Trinajstić information content (AvgIpc) is 3.37. The summed E-state index contributed by atoms with van der Waals surface area (Å²) in [5, 5.41) is 13.8. The van der Waals surface area contributed by atoms with E-state index >= 15 is 0 Å². The van der Waals surface area contributed by atoms with E-state index in [2.05, 4.69) is 38.8 Å². The molecule has 7 nitrogen and oxygen atoms in total. The number of hydrogen-bond donors (Lipinski definition) is 1. The van der Waals surface area contributed by atoms with Crippen LogP contribution in [0.3, 0.4) is 0 Å². The number of nitrogens with zero attached hydrogens (tertiary/aromatic N) is 3. The highest BCUT2D eigenvalue weighted by atomic mass is 32.1. The largest absolute Gasteiger partial charge is 0.423 e. The molecule has 0 bridgehead atoms. The maximum Gasteiger partial charge on any atom is 0.234 e. The Morgan fingerprint density at radius 1 is 1.25 bits per heavy atom. The third kappa shape index (κ3) is 4.61. The Kier molecular flexibility index (Phi) is 6.39. The fourth-order valence-electron chi connectivity index (χ4n) is 3.96. The van der Waals surface area contributed by atoms with Gasteiger partial charge in [-0.3, -0.25) is 9.69 Å². The van der Waals surface area contributed by atoms with E-state index < -0.39 is 0 Å². The molecule has 1 amide bonds. The third-order valence-electron chi connectivity index (χ3n) is 5.69. The number of likely N-dealkylation sites (tertiary alicyclic amines) is 1. The Labute approximate surface area is 169 Å². The van der Waals surface area contributed by atoms with Gasteiger partial charge in [-0.1, -0.05) is 6.42 Å². The van der Waals surface area contributed by atoms with Crippen LogP contribution in [0.5, 0.6) is 0 Å². The number of aryl methyl sites for hydroxylation is 1. The molecule has 2 saturated heterocycles. The highest BCUT2D eigenvalue weighted by molar-refractivity contribution is 7.10. The van der Waals surface area contributed by atoms with Crippen molar-refractivity contribution >= 4 is 17.2 Å². The van der Waals surface area contributed by atoms with Gasteiger partial charge in [-0.2, -0.15) is 0 Å². The van der Waals surface area contributed by atoms with Crippen LogP contribution in [-0.2, 0) is 16.1 Å². The number of carbonyl (C=O) groups excluding carboxylic acids is 1. The zero-order valence-corrected chi connectivity index (χ0v) is 17.2. The Balaban J connectivity index is 1.37. The zero-order valence-electron chi connectivity index (χ0n) is 16.4. The lowest BCUT2D eigenvalue weighted by molar-refractivity contribution is -0.123. The van der Waals surface area contributed by atoms with Crippen LogP contribution in [0.2, 0.25) is 0 Å². The minimum Gasteiger partial charge on any atom is -0.423 e. The summed E-state index contributed by atoms with van der Waals surface area (Å²) in [6.07, 6.45) is 5.02. The Hall–Kier alpha value is -1.77. The second kappa shape index (κ2) is 9.15. The molecule has 0 spiro atoms. The number of carbonyl (C=O) groups is 1. The van der Waals surface area contributed by atoms with E-state index in [0.29, 0.717) is 24.9 Å². The minimum atomic E-state index is 0.0315. The summed E-state index contributed by atoms with van der Waals surface area (Å²) in [4.78, 5) is 15.9. The third-order valence-corrected chi connectivity index (χ3v) is 6.71. The Morgan fingerprint density at radius 3 is 2.86 bits per heavy atom. The van der Waals surface area contributed by atoms with E-state index in [1.807, 2.05) is 0 Å². The molecule has 28 heavy (non-hydrogen) atoms. The van der Waals surface area contributed by atoms with Crippen molar-refractivity contribution in [3.8, 4) is 0 Å². The second-order valence-corrected chi connectivity index (χ2v) is 8.65. The predicted octanol–water partition coefficient (Wildman–Crippen LogP) is 3.18. The van der Waals surface area contributed by atoms with Gasteiger partial charge in [0.2, 0.25) is 17.7 Å². The summed E-state index contributed by atoms with van der Waals surface area (Å²) in [5.74, 6) is 1.72. The van der Waals surface area contributed by atoms with Crippen molar-refractivity contribution in [3.63, 3.8) is 0 Å². The molecule has 4 heterocycles. The monoisotopic (exact) mass is 404 g/mol. The summed E-state index contributed by atoms with van der Waals surface area (Å²) in [5.41, 5.74) is 1.23. The summed E-state index contributed by atoms with van der Waals surface area (Å²) < 4.78 is 11.5. The standard InChI is InChI=1S/C20H28N4O3S/c1-14-7-11-28-17(14)12-21-18(25)13-24-8-3-2-4-16(24)20-23-22-19(27-20)15-5-9-26-10-6-15/h7,11,15-16H,2-6,8-10,12-13H2,1H3,(H,21,25)/t16-/m1/s1. The molecule has 8 heteroatoms. The van der Waals surface area contributed by atoms with Crippen molar-refractivity contribution in [3.05, 3.63) is 33.7 Å². The molecule has 1 N–H and O–H groups in total. The van der Waals surface area contributed by atoms with E-state index in [9.17, 15) is 4.79 Å². The fraction of sp³-hybridized carbons (Fsp3) is 0.650. The van der Waals surface area contributed by atoms with Gasteiger partial charge in [0.15, 0.2) is 0 Å². The molecule has 152 valence electrons. The fourth-order valence-corrected chi connectivity index (χ4v) is 4.80. The van der Waals surface area contributed by atoms with Crippen molar-refractivity contribution in [1.29, 1.82) is 0 Å². The zero-order chi connectivity index (χ0) is 19.3. The van der Waals surface area contributed by atoms with Gasteiger partial charge in [0.25, 0.3) is 0 Å². The normalized spacial score (nSPS) is 21.7. The van der Waals surface area contributed by atoms with Gasteiger partial charge >= 0.3 is 0 Å². The Morgan fingerprint density at radius 2 is 2.07 bits per heavy atom. The Bertz CT molecular complexity index is 784. The van der Waals surface area contributed by atoms with Crippen LogP contribution in [0.15, 0.2) is 15.9 Å². The van der Waals surface area contributed by atoms with Crippen LogP contribution in [-0.4, -0.2) is 47.3 Å². The number of thiophene rings is 1. The van der Waals surface area contributed by atoms with Gasteiger partial charge < -0.3 is 14.5 Å². The summed E-state index contributed by atoms with van der Waals surface area (Å²) in [6, 6.07) is 2.11. The average molecular weight is 405 g/mol. The number of aromatic nitrogens is 2. The number of nitrogens with one attached hydrogen (secondary N) is 1. The lowest BCUT2D eigenvalue weighted by Gasteiger charge is -2.32. The number of hydrogen-bond acceptors (Lipinski definition) is 7.